The molecule has 114 valence electrons. The molecule has 4 heteroatoms. The molecule has 4 nitrogen and oxygen atoms in total. The van der Waals surface area contributed by atoms with E-state index >= 15 is 0 Å². The van der Waals surface area contributed by atoms with Crippen LogP contribution in [-0.4, -0.2) is 28.6 Å². The molecule has 0 saturated heterocycles. The second-order valence-electron chi connectivity index (χ2n) is 7.06. The van der Waals surface area contributed by atoms with E-state index in [-0.39, 0.29) is 5.54 Å². The lowest BCUT2D eigenvalue weighted by Gasteiger charge is -2.27. The lowest BCUT2D eigenvalue weighted by Crippen LogP contribution is -2.35. The van der Waals surface area contributed by atoms with E-state index in [2.05, 4.69) is 68.8 Å². The predicted molar refractivity (Wildman–Crippen MR) is 85.9 cm³/mol. The van der Waals surface area contributed by atoms with Crippen LogP contribution in [0.1, 0.15) is 53.7 Å². The molecule has 0 amide bonds. The van der Waals surface area contributed by atoms with Crippen LogP contribution < -0.4 is 10.2 Å². The summed E-state index contributed by atoms with van der Waals surface area (Å²) in [6.07, 6.45) is 4.90. The fraction of sp³-hybridized carbons (Fsp3) is 0.750. The summed E-state index contributed by atoms with van der Waals surface area (Å²) in [5.74, 6) is 1.63. The van der Waals surface area contributed by atoms with Crippen LogP contribution in [0.5, 0.6) is 0 Å². The molecule has 0 spiro atoms. The Bertz CT molecular complexity index is 392. The van der Waals surface area contributed by atoms with Crippen molar-refractivity contribution in [3.63, 3.8) is 0 Å². The van der Waals surface area contributed by atoms with E-state index < -0.39 is 0 Å². The third-order valence-corrected chi connectivity index (χ3v) is 3.33. The van der Waals surface area contributed by atoms with Gasteiger partial charge in [-0.2, -0.15) is 0 Å². The molecule has 1 unspecified atom stereocenters. The molecule has 1 rings (SSSR count). The largest absolute Gasteiger partial charge is 0.356 e. The molecule has 1 heterocycles. The maximum atomic E-state index is 4.53. The summed E-state index contributed by atoms with van der Waals surface area (Å²) in [5, 5.41) is 3.42. The van der Waals surface area contributed by atoms with Crippen molar-refractivity contribution in [1.82, 2.24) is 15.3 Å². The first-order valence-corrected chi connectivity index (χ1v) is 7.48. The van der Waals surface area contributed by atoms with Gasteiger partial charge in [0.2, 0.25) is 0 Å². The topological polar surface area (TPSA) is 41.1 Å². The fourth-order valence-corrected chi connectivity index (χ4v) is 2.04. The first-order valence-electron chi connectivity index (χ1n) is 7.48. The Hall–Kier alpha value is -1.16. The van der Waals surface area contributed by atoms with Crippen molar-refractivity contribution in [3.8, 4) is 0 Å². The molecule has 0 saturated carbocycles. The summed E-state index contributed by atoms with van der Waals surface area (Å²) in [7, 11) is 2.09. The van der Waals surface area contributed by atoms with Gasteiger partial charge in [-0.25, -0.2) is 4.98 Å². The molecule has 1 aromatic rings. The second kappa shape index (κ2) is 7.02. The van der Waals surface area contributed by atoms with Crippen molar-refractivity contribution >= 4 is 5.82 Å². The monoisotopic (exact) mass is 278 g/mol. The maximum absolute atomic E-state index is 4.53. The number of nitrogens with zero attached hydrogens (tertiary/aromatic N) is 3. The third-order valence-electron chi connectivity index (χ3n) is 3.33. The molecular weight excluding hydrogens is 248 g/mol. The zero-order valence-corrected chi connectivity index (χ0v) is 14.1. The molecule has 0 radical (unpaired) electrons. The highest BCUT2D eigenvalue weighted by atomic mass is 15.2. The molecule has 0 aliphatic heterocycles. The minimum absolute atomic E-state index is 0.100. The van der Waals surface area contributed by atoms with E-state index in [0.29, 0.717) is 12.0 Å². The van der Waals surface area contributed by atoms with Crippen molar-refractivity contribution in [2.75, 3.05) is 11.9 Å². The number of nitrogens with one attached hydrogen (secondary N) is 1. The third kappa shape index (κ3) is 5.87. The van der Waals surface area contributed by atoms with Crippen LogP contribution in [0.2, 0.25) is 0 Å². The van der Waals surface area contributed by atoms with Crippen LogP contribution in [-0.2, 0) is 6.54 Å². The lowest BCUT2D eigenvalue weighted by atomic mass is 10.0. The molecule has 0 aromatic carbocycles. The van der Waals surface area contributed by atoms with E-state index in [1.165, 1.54) is 0 Å². The molecule has 0 aliphatic rings. The smallest absolute Gasteiger partial charge is 0.147 e. The number of aromatic nitrogens is 2. The normalized spacial score (nSPS) is 13.6. The lowest BCUT2D eigenvalue weighted by molar-refractivity contribution is 0.421. The SMILES string of the molecule is CC(C)CC(C)N(C)c1cnc(CNC(C)(C)C)cn1. The maximum Gasteiger partial charge on any atom is 0.147 e. The zero-order valence-electron chi connectivity index (χ0n) is 14.1. The Kier molecular flexibility index (Phi) is 5.93. The van der Waals surface area contributed by atoms with Crippen LogP contribution in [0.15, 0.2) is 12.4 Å². The molecule has 1 atom stereocenters. The van der Waals surface area contributed by atoms with Crippen molar-refractivity contribution in [3.05, 3.63) is 18.1 Å². The Balaban J connectivity index is 2.61. The summed E-state index contributed by atoms with van der Waals surface area (Å²) < 4.78 is 0. The number of hydrogen-bond acceptors (Lipinski definition) is 4. The van der Waals surface area contributed by atoms with Gasteiger partial charge in [-0.05, 0) is 40.0 Å². The van der Waals surface area contributed by atoms with Gasteiger partial charge < -0.3 is 10.2 Å². The van der Waals surface area contributed by atoms with Crippen LogP contribution in [0, 0.1) is 5.92 Å². The summed E-state index contributed by atoms with van der Waals surface area (Å²) in [5.41, 5.74) is 1.08. The van der Waals surface area contributed by atoms with Crippen LogP contribution in [0.3, 0.4) is 0 Å². The molecule has 0 fully saturated rings. The van der Waals surface area contributed by atoms with Gasteiger partial charge in [0.25, 0.3) is 0 Å². The van der Waals surface area contributed by atoms with Crippen LogP contribution in [0.25, 0.3) is 0 Å². The molecule has 20 heavy (non-hydrogen) atoms. The Morgan fingerprint density at radius 1 is 1.15 bits per heavy atom. The van der Waals surface area contributed by atoms with Gasteiger partial charge in [0.1, 0.15) is 5.82 Å². The minimum atomic E-state index is 0.100. The van der Waals surface area contributed by atoms with Crippen molar-refractivity contribution in [1.29, 1.82) is 0 Å². The van der Waals surface area contributed by atoms with Gasteiger partial charge in [-0.15, -0.1) is 0 Å². The molecular formula is C16H30N4. The number of rotatable bonds is 6. The van der Waals surface area contributed by atoms with E-state index in [4.69, 9.17) is 0 Å². The van der Waals surface area contributed by atoms with Gasteiger partial charge >= 0.3 is 0 Å². The molecule has 1 N–H and O–H groups in total. The highest BCUT2D eigenvalue weighted by Gasteiger charge is 2.14. The Labute approximate surface area is 124 Å². The highest BCUT2D eigenvalue weighted by Crippen LogP contribution is 2.16. The second-order valence-corrected chi connectivity index (χ2v) is 7.06. The average molecular weight is 278 g/mol. The summed E-state index contributed by atoms with van der Waals surface area (Å²) in [4.78, 5) is 11.2. The van der Waals surface area contributed by atoms with Crippen LogP contribution in [0.4, 0.5) is 5.82 Å². The van der Waals surface area contributed by atoms with E-state index in [0.717, 1.165) is 24.5 Å². The summed E-state index contributed by atoms with van der Waals surface area (Å²) >= 11 is 0. The van der Waals surface area contributed by atoms with Gasteiger partial charge in [0.15, 0.2) is 0 Å². The predicted octanol–water partition coefficient (Wildman–Crippen LogP) is 3.24. The van der Waals surface area contributed by atoms with Crippen molar-refractivity contribution in [2.45, 2.75) is 66.1 Å². The first-order chi connectivity index (χ1) is 9.19. The fourth-order valence-electron chi connectivity index (χ4n) is 2.04. The number of anilines is 1. The van der Waals surface area contributed by atoms with Crippen LogP contribution >= 0.6 is 0 Å². The summed E-state index contributed by atoms with van der Waals surface area (Å²) in [6.45, 7) is 13.9. The van der Waals surface area contributed by atoms with Gasteiger partial charge in [-0.1, -0.05) is 13.8 Å². The van der Waals surface area contributed by atoms with E-state index in [1.54, 1.807) is 0 Å². The quantitative estimate of drug-likeness (QED) is 0.867. The molecule has 1 aromatic heterocycles. The van der Waals surface area contributed by atoms with E-state index in [9.17, 15) is 0 Å². The standard InChI is InChI=1S/C16H30N4/c1-12(2)8-13(3)20(7)15-11-17-14(9-18-15)10-19-16(4,5)6/h9,11-13,19H,8,10H2,1-7H3. The van der Waals surface area contributed by atoms with E-state index in [1.807, 2.05) is 12.4 Å². The molecule has 0 bridgehead atoms. The minimum Gasteiger partial charge on any atom is -0.356 e. The van der Waals surface area contributed by atoms with Crippen molar-refractivity contribution < 1.29 is 0 Å². The number of hydrogen-bond donors (Lipinski definition) is 1. The highest BCUT2D eigenvalue weighted by molar-refractivity contribution is 5.35. The summed E-state index contributed by atoms with van der Waals surface area (Å²) in [6, 6.07) is 0.475. The van der Waals surface area contributed by atoms with Gasteiger partial charge in [0.05, 0.1) is 18.1 Å². The Morgan fingerprint density at radius 2 is 1.80 bits per heavy atom. The first kappa shape index (κ1) is 16.9. The van der Waals surface area contributed by atoms with Gasteiger partial charge in [0, 0.05) is 25.2 Å². The Morgan fingerprint density at radius 3 is 2.25 bits per heavy atom. The zero-order chi connectivity index (χ0) is 15.3. The van der Waals surface area contributed by atoms with Crippen molar-refractivity contribution in [2.24, 2.45) is 5.92 Å². The van der Waals surface area contributed by atoms with Gasteiger partial charge in [-0.3, -0.25) is 4.98 Å². The molecule has 0 aliphatic carbocycles. The average Bonchev–Trinajstić information content (AvgIpc) is 2.34.